The lowest BCUT2D eigenvalue weighted by atomic mass is 10.0. The average Bonchev–Trinajstić information content (AvgIpc) is 2.25. The number of hydrogen-bond acceptors (Lipinski definition) is 3. The van der Waals surface area contributed by atoms with Crippen LogP contribution in [0.4, 0.5) is 13.2 Å². The van der Waals surface area contributed by atoms with E-state index in [9.17, 15) is 13.2 Å². The second kappa shape index (κ2) is 6.73. The van der Waals surface area contributed by atoms with Gasteiger partial charge in [0.05, 0.1) is 6.54 Å². The summed E-state index contributed by atoms with van der Waals surface area (Å²) < 4.78 is 36.6. The first kappa shape index (κ1) is 15.7. The Hall–Kier alpha value is -0.330. The Balaban J connectivity index is 2.19. The van der Waals surface area contributed by atoms with Gasteiger partial charge >= 0.3 is 6.18 Å². The van der Waals surface area contributed by atoms with E-state index in [0.29, 0.717) is 32.1 Å². The Morgan fingerprint density at radius 1 is 1.06 bits per heavy atom. The van der Waals surface area contributed by atoms with Crippen LogP contribution in [0.15, 0.2) is 0 Å². The van der Waals surface area contributed by atoms with Crippen molar-refractivity contribution in [3.05, 3.63) is 0 Å². The molecule has 1 rings (SSSR count). The molecule has 0 aromatic rings. The second-order valence-electron chi connectivity index (χ2n) is 5.43. The normalized spacial score (nSPS) is 21.5. The van der Waals surface area contributed by atoms with Crippen LogP contribution in [0.3, 0.4) is 0 Å². The molecule has 0 spiro atoms. The van der Waals surface area contributed by atoms with Crippen LogP contribution in [0, 0.1) is 5.92 Å². The molecule has 1 heterocycles. The van der Waals surface area contributed by atoms with Crippen molar-refractivity contribution in [2.75, 3.05) is 39.3 Å². The Bertz CT molecular complexity index is 235. The molecule has 1 aliphatic rings. The molecular formula is C12H24F3N3. The fraction of sp³-hybridized carbons (Fsp3) is 1.00. The Morgan fingerprint density at radius 2 is 1.56 bits per heavy atom. The summed E-state index contributed by atoms with van der Waals surface area (Å²) in [6, 6.07) is 0.179. The zero-order valence-corrected chi connectivity index (χ0v) is 11.2. The standard InChI is InChI=1S/C12H24F3N3/c1-10(2)11(16)3-4-17-5-7-18(8-6-17)9-12(13,14)15/h10-11H,3-9,16H2,1-2H3. The topological polar surface area (TPSA) is 32.5 Å². The fourth-order valence-electron chi connectivity index (χ4n) is 2.09. The summed E-state index contributed by atoms with van der Waals surface area (Å²) in [6.45, 7) is 6.69. The highest BCUT2D eigenvalue weighted by molar-refractivity contribution is 4.76. The van der Waals surface area contributed by atoms with E-state index in [1.165, 1.54) is 4.90 Å². The van der Waals surface area contributed by atoms with Crippen LogP contribution in [-0.4, -0.2) is 61.3 Å². The van der Waals surface area contributed by atoms with E-state index in [4.69, 9.17) is 5.73 Å². The summed E-state index contributed by atoms with van der Waals surface area (Å²) in [7, 11) is 0. The Morgan fingerprint density at radius 3 is 2.00 bits per heavy atom. The third-order valence-electron chi connectivity index (χ3n) is 3.50. The maximum absolute atomic E-state index is 12.2. The minimum absolute atomic E-state index is 0.179. The molecule has 1 atom stereocenters. The van der Waals surface area contributed by atoms with Gasteiger partial charge in [0.15, 0.2) is 0 Å². The third-order valence-corrected chi connectivity index (χ3v) is 3.50. The van der Waals surface area contributed by atoms with E-state index in [2.05, 4.69) is 18.7 Å². The minimum atomic E-state index is -4.08. The molecule has 0 bridgehead atoms. The van der Waals surface area contributed by atoms with Gasteiger partial charge in [0, 0.05) is 32.2 Å². The van der Waals surface area contributed by atoms with Gasteiger partial charge in [-0.25, -0.2) is 0 Å². The monoisotopic (exact) mass is 267 g/mol. The molecule has 6 heteroatoms. The van der Waals surface area contributed by atoms with Gasteiger partial charge in [0.1, 0.15) is 0 Å². The summed E-state index contributed by atoms with van der Waals surface area (Å²) in [5, 5.41) is 0. The van der Waals surface area contributed by atoms with Gasteiger partial charge in [0.25, 0.3) is 0 Å². The van der Waals surface area contributed by atoms with Crippen molar-refractivity contribution in [3.8, 4) is 0 Å². The van der Waals surface area contributed by atoms with E-state index in [-0.39, 0.29) is 6.04 Å². The van der Waals surface area contributed by atoms with Crippen LogP contribution < -0.4 is 5.73 Å². The molecule has 18 heavy (non-hydrogen) atoms. The molecule has 1 fully saturated rings. The highest BCUT2D eigenvalue weighted by Gasteiger charge is 2.32. The van der Waals surface area contributed by atoms with Gasteiger partial charge in [-0.3, -0.25) is 4.90 Å². The van der Waals surface area contributed by atoms with Crippen LogP contribution in [-0.2, 0) is 0 Å². The Labute approximate surface area is 107 Å². The van der Waals surface area contributed by atoms with E-state index in [1.807, 2.05) is 0 Å². The summed E-state index contributed by atoms with van der Waals surface area (Å²) in [5.41, 5.74) is 5.96. The number of hydrogen-bond donors (Lipinski definition) is 1. The SMILES string of the molecule is CC(C)C(N)CCN1CCN(CC(F)(F)F)CC1. The third kappa shape index (κ3) is 6.02. The molecule has 0 radical (unpaired) electrons. The molecule has 1 aliphatic heterocycles. The summed E-state index contributed by atoms with van der Waals surface area (Å²) in [5.74, 6) is 0.455. The second-order valence-corrected chi connectivity index (χ2v) is 5.43. The van der Waals surface area contributed by atoms with Gasteiger partial charge < -0.3 is 10.6 Å². The lowest BCUT2D eigenvalue weighted by molar-refractivity contribution is -0.149. The first-order valence-electron chi connectivity index (χ1n) is 6.55. The smallest absolute Gasteiger partial charge is 0.327 e. The molecule has 0 aliphatic carbocycles. The van der Waals surface area contributed by atoms with Crippen molar-refractivity contribution in [1.29, 1.82) is 0 Å². The quantitative estimate of drug-likeness (QED) is 0.820. The number of halogens is 3. The zero-order valence-electron chi connectivity index (χ0n) is 11.2. The van der Waals surface area contributed by atoms with Gasteiger partial charge in [-0.05, 0) is 18.9 Å². The van der Waals surface area contributed by atoms with Crippen molar-refractivity contribution in [3.63, 3.8) is 0 Å². The van der Waals surface area contributed by atoms with E-state index in [0.717, 1.165) is 13.0 Å². The largest absolute Gasteiger partial charge is 0.401 e. The molecule has 0 amide bonds. The van der Waals surface area contributed by atoms with E-state index >= 15 is 0 Å². The average molecular weight is 267 g/mol. The Kier molecular flexibility index (Phi) is 5.88. The van der Waals surface area contributed by atoms with Crippen LogP contribution in [0.5, 0.6) is 0 Å². The van der Waals surface area contributed by atoms with Crippen molar-refractivity contribution in [2.45, 2.75) is 32.5 Å². The molecule has 3 nitrogen and oxygen atoms in total. The molecule has 0 saturated carbocycles. The predicted molar refractivity (Wildman–Crippen MR) is 66.4 cm³/mol. The summed E-state index contributed by atoms with van der Waals surface area (Å²) in [4.78, 5) is 3.67. The van der Waals surface area contributed by atoms with Crippen LogP contribution >= 0.6 is 0 Å². The summed E-state index contributed by atoms with van der Waals surface area (Å²) in [6.07, 6.45) is -3.17. The van der Waals surface area contributed by atoms with Gasteiger partial charge in [-0.1, -0.05) is 13.8 Å². The molecule has 1 saturated heterocycles. The maximum Gasteiger partial charge on any atom is 0.401 e. The maximum atomic E-state index is 12.2. The number of nitrogens with two attached hydrogens (primary N) is 1. The highest BCUT2D eigenvalue weighted by atomic mass is 19.4. The molecule has 0 aromatic heterocycles. The van der Waals surface area contributed by atoms with Crippen molar-refractivity contribution >= 4 is 0 Å². The fourth-order valence-corrected chi connectivity index (χ4v) is 2.09. The molecule has 108 valence electrons. The first-order valence-corrected chi connectivity index (χ1v) is 6.55. The van der Waals surface area contributed by atoms with Crippen molar-refractivity contribution < 1.29 is 13.2 Å². The molecule has 1 unspecified atom stereocenters. The van der Waals surface area contributed by atoms with Gasteiger partial charge in [-0.15, -0.1) is 0 Å². The zero-order chi connectivity index (χ0) is 13.8. The number of alkyl halides is 3. The number of rotatable bonds is 5. The molecular weight excluding hydrogens is 243 g/mol. The lowest BCUT2D eigenvalue weighted by Crippen LogP contribution is -2.49. The van der Waals surface area contributed by atoms with E-state index < -0.39 is 12.7 Å². The minimum Gasteiger partial charge on any atom is -0.327 e. The number of nitrogens with zero attached hydrogens (tertiary/aromatic N) is 2. The summed E-state index contributed by atoms with van der Waals surface area (Å²) >= 11 is 0. The van der Waals surface area contributed by atoms with Gasteiger partial charge in [-0.2, -0.15) is 13.2 Å². The van der Waals surface area contributed by atoms with E-state index in [1.54, 1.807) is 0 Å². The molecule has 0 aromatic carbocycles. The lowest BCUT2D eigenvalue weighted by Gasteiger charge is -2.35. The van der Waals surface area contributed by atoms with Crippen LogP contribution in [0.2, 0.25) is 0 Å². The number of piperazine rings is 1. The van der Waals surface area contributed by atoms with Crippen molar-refractivity contribution in [1.82, 2.24) is 9.80 Å². The van der Waals surface area contributed by atoms with Gasteiger partial charge in [0.2, 0.25) is 0 Å². The van der Waals surface area contributed by atoms with Crippen LogP contribution in [0.1, 0.15) is 20.3 Å². The first-order chi connectivity index (χ1) is 8.28. The van der Waals surface area contributed by atoms with Crippen molar-refractivity contribution in [2.24, 2.45) is 11.7 Å². The van der Waals surface area contributed by atoms with Crippen LogP contribution in [0.25, 0.3) is 0 Å². The highest BCUT2D eigenvalue weighted by Crippen LogP contribution is 2.17. The predicted octanol–water partition coefficient (Wildman–Crippen LogP) is 1.54. The molecule has 2 N–H and O–H groups in total.